The van der Waals surface area contributed by atoms with Crippen LogP contribution in [0.3, 0.4) is 0 Å². The van der Waals surface area contributed by atoms with Crippen LogP contribution in [0.5, 0.6) is 17.2 Å². The van der Waals surface area contributed by atoms with Crippen molar-refractivity contribution < 1.29 is 33.7 Å². The Balaban J connectivity index is 1.88. The summed E-state index contributed by atoms with van der Waals surface area (Å²) in [5.74, 6) is -2.57. The van der Waals surface area contributed by atoms with E-state index in [0.29, 0.717) is 12.0 Å². The third kappa shape index (κ3) is 5.28. The number of Topliss-reactive ketones (excluding diaryl/α,β-unsaturated/α-hetero) is 1. The summed E-state index contributed by atoms with van der Waals surface area (Å²) in [6.45, 7) is 2.09. The van der Waals surface area contributed by atoms with E-state index in [4.69, 9.17) is 32.7 Å². The average Bonchev–Trinajstić information content (AvgIpc) is 3.14. The molecule has 3 aromatic carbocycles. The molecule has 10 heteroatoms. The van der Waals surface area contributed by atoms with Gasteiger partial charge in [0.1, 0.15) is 17.3 Å². The number of halogens is 3. The van der Waals surface area contributed by atoms with Gasteiger partial charge in [0.25, 0.3) is 11.7 Å². The number of aliphatic hydroxyl groups is 1. The van der Waals surface area contributed by atoms with Crippen LogP contribution in [0.1, 0.15) is 29.7 Å². The number of benzene rings is 3. The van der Waals surface area contributed by atoms with E-state index in [1.807, 2.05) is 0 Å². The Morgan fingerprint density at radius 1 is 1.08 bits per heavy atom. The van der Waals surface area contributed by atoms with E-state index >= 15 is 0 Å². The zero-order valence-corrected chi connectivity index (χ0v) is 22.0. The molecule has 2 N–H and O–H groups in total. The van der Waals surface area contributed by atoms with Gasteiger partial charge in [-0.1, -0.05) is 41.4 Å². The second-order valence-electron chi connectivity index (χ2n) is 8.50. The molecule has 0 aromatic heterocycles. The zero-order chi connectivity index (χ0) is 27.6. The van der Waals surface area contributed by atoms with Crippen molar-refractivity contribution in [2.75, 3.05) is 20.3 Å². The quantitative estimate of drug-likeness (QED) is 0.202. The maximum absolute atomic E-state index is 13.4. The van der Waals surface area contributed by atoms with Crippen molar-refractivity contribution in [2.24, 2.45) is 0 Å². The van der Waals surface area contributed by atoms with Crippen LogP contribution in [0.4, 0.5) is 4.39 Å². The minimum Gasteiger partial charge on any atom is -0.507 e. The summed E-state index contributed by atoms with van der Waals surface area (Å²) in [4.78, 5) is 28.0. The molecule has 38 heavy (non-hydrogen) atoms. The lowest BCUT2D eigenvalue weighted by molar-refractivity contribution is -0.139. The van der Waals surface area contributed by atoms with Gasteiger partial charge in [-0.05, 0) is 60.9 Å². The molecule has 1 atom stereocenters. The van der Waals surface area contributed by atoms with Crippen LogP contribution < -0.4 is 9.47 Å². The number of rotatable bonds is 8. The van der Waals surface area contributed by atoms with E-state index in [9.17, 15) is 24.2 Å². The number of ether oxygens (including phenoxy) is 2. The van der Waals surface area contributed by atoms with Gasteiger partial charge >= 0.3 is 0 Å². The summed E-state index contributed by atoms with van der Waals surface area (Å²) < 4.78 is 24.2. The molecule has 1 amide bonds. The first-order chi connectivity index (χ1) is 18.2. The molecule has 0 bridgehead atoms. The highest BCUT2D eigenvalue weighted by Crippen LogP contribution is 2.44. The van der Waals surface area contributed by atoms with E-state index in [1.54, 1.807) is 19.1 Å². The molecule has 1 aliphatic heterocycles. The Labute approximate surface area is 228 Å². The lowest BCUT2D eigenvalue weighted by Gasteiger charge is -2.26. The molecule has 0 spiro atoms. The first-order valence-electron chi connectivity index (χ1n) is 11.7. The molecule has 0 radical (unpaired) electrons. The van der Waals surface area contributed by atoms with E-state index in [-0.39, 0.29) is 51.6 Å². The molecular weight excluding hydrogens is 536 g/mol. The van der Waals surface area contributed by atoms with Gasteiger partial charge in [-0.3, -0.25) is 9.59 Å². The number of nitrogens with zero attached hydrogens (tertiary/aromatic N) is 1. The fraction of sp³-hybridized carbons (Fsp3) is 0.214. The number of carbonyl (C=O) groups is 2. The maximum atomic E-state index is 13.4. The Bertz CT molecular complexity index is 1420. The topological polar surface area (TPSA) is 96.3 Å². The minimum absolute atomic E-state index is 0.0374. The first-order valence-corrected chi connectivity index (χ1v) is 12.4. The Hall–Kier alpha value is -3.75. The molecule has 3 aromatic rings. The smallest absolute Gasteiger partial charge is 0.295 e. The number of phenols is 1. The van der Waals surface area contributed by atoms with Crippen molar-refractivity contribution in [3.8, 4) is 17.2 Å². The Morgan fingerprint density at radius 3 is 2.45 bits per heavy atom. The highest BCUT2D eigenvalue weighted by Gasteiger charge is 2.46. The van der Waals surface area contributed by atoms with Crippen molar-refractivity contribution in [3.05, 3.63) is 92.7 Å². The zero-order valence-electron chi connectivity index (χ0n) is 20.5. The molecule has 1 aliphatic rings. The first kappa shape index (κ1) is 27.3. The van der Waals surface area contributed by atoms with Crippen molar-refractivity contribution in [2.45, 2.75) is 19.4 Å². The van der Waals surface area contributed by atoms with Crippen LogP contribution in [0.15, 0.2) is 60.2 Å². The lowest BCUT2D eigenvalue weighted by Crippen LogP contribution is -2.31. The van der Waals surface area contributed by atoms with Crippen LogP contribution >= 0.6 is 23.2 Å². The third-order valence-corrected chi connectivity index (χ3v) is 6.66. The van der Waals surface area contributed by atoms with Gasteiger partial charge in [0, 0.05) is 11.6 Å². The summed E-state index contributed by atoms with van der Waals surface area (Å²) in [6, 6.07) is 12.0. The Kier molecular flexibility index (Phi) is 8.14. The molecule has 1 heterocycles. The number of aromatic hydroxyl groups is 1. The fourth-order valence-corrected chi connectivity index (χ4v) is 4.99. The second-order valence-corrected chi connectivity index (χ2v) is 9.34. The fourth-order valence-electron chi connectivity index (χ4n) is 4.42. The molecule has 0 saturated carbocycles. The minimum atomic E-state index is -1.04. The van der Waals surface area contributed by atoms with Gasteiger partial charge in [-0.25, -0.2) is 4.39 Å². The largest absolute Gasteiger partial charge is 0.507 e. The number of likely N-dealkylation sites (tertiary alicyclic amines) is 1. The average molecular weight is 560 g/mol. The van der Waals surface area contributed by atoms with Gasteiger partial charge in [-0.15, -0.1) is 0 Å². The summed E-state index contributed by atoms with van der Waals surface area (Å²) in [5, 5.41) is 21.9. The summed E-state index contributed by atoms with van der Waals surface area (Å²) >= 11 is 12.4. The molecule has 1 saturated heterocycles. The number of carbonyl (C=O) groups excluding carboxylic acids is 2. The third-order valence-electron chi connectivity index (χ3n) is 6.16. The van der Waals surface area contributed by atoms with Crippen molar-refractivity contribution >= 4 is 40.7 Å². The number of hydrogen-bond acceptors (Lipinski definition) is 6. The maximum Gasteiger partial charge on any atom is 0.295 e. The number of phenolic OH excluding ortho intramolecular Hbond substituents is 1. The van der Waals surface area contributed by atoms with E-state index in [1.165, 1.54) is 54.5 Å². The van der Waals surface area contributed by atoms with E-state index < -0.39 is 29.3 Å². The van der Waals surface area contributed by atoms with Crippen LogP contribution in [0.2, 0.25) is 10.0 Å². The van der Waals surface area contributed by atoms with E-state index in [2.05, 4.69) is 0 Å². The molecule has 4 rings (SSSR count). The van der Waals surface area contributed by atoms with Crippen LogP contribution in [0.25, 0.3) is 5.76 Å². The number of ketones is 1. The molecule has 7 nitrogen and oxygen atoms in total. The molecule has 198 valence electrons. The standard InChI is InChI=1S/C28H24Cl2FNO6/c1-3-38-22-12-16(6-9-21(22)33)24-23(25(34)19-13-17(29)14-20(30)27(19)37-2)26(35)28(36)32(24)11-10-15-4-7-18(31)8-5-15/h4-9,12-14,24,33-34H,3,10-11H2,1-2H3/b25-23+. The number of aliphatic hydroxyl groups excluding tert-OH is 1. The predicted molar refractivity (Wildman–Crippen MR) is 141 cm³/mol. The summed E-state index contributed by atoms with van der Waals surface area (Å²) in [7, 11) is 1.35. The molecule has 1 unspecified atom stereocenters. The van der Waals surface area contributed by atoms with Gasteiger partial charge in [0.15, 0.2) is 11.5 Å². The van der Waals surface area contributed by atoms with Crippen LogP contribution in [-0.4, -0.2) is 47.1 Å². The van der Waals surface area contributed by atoms with Gasteiger partial charge < -0.3 is 24.6 Å². The summed E-state index contributed by atoms with van der Waals surface area (Å²) in [6.07, 6.45) is 0.312. The van der Waals surface area contributed by atoms with Crippen molar-refractivity contribution in [1.82, 2.24) is 4.90 Å². The normalized spacial score (nSPS) is 16.7. The predicted octanol–water partition coefficient (Wildman–Crippen LogP) is 5.91. The van der Waals surface area contributed by atoms with Crippen LogP contribution in [-0.2, 0) is 16.0 Å². The highest BCUT2D eigenvalue weighted by atomic mass is 35.5. The summed E-state index contributed by atoms with van der Waals surface area (Å²) in [5.41, 5.74) is 0.989. The number of hydrogen-bond donors (Lipinski definition) is 2. The second kappa shape index (κ2) is 11.3. The monoisotopic (exact) mass is 559 g/mol. The number of methoxy groups -OCH3 is 1. The van der Waals surface area contributed by atoms with Crippen molar-refractivity contribution in [3.63, 3.8) is 0 Å². The molecular formula is C28H24Cl2FNO6. The lowest BCUT2D eigenvalue weighted by atomic mass is 9.94. The van der Waals surface area contributed by atoms with E-state index in [0.717, 1.165) is 5.56 Å². The number of amides is 1. The SMILES string of the molecule is CCOc1cc(C2/C(=C(\O)c3cc(Cl)cc(Cl)c3OC)C(=O)C(=O)N2CCc2ccc(F)cc2)ccc1O. The van der Waals surface area contributed by atoms with Gasteiger partial charge in [0.2, 0.25) is 0 Å². The van der Waals surface area contributed by atoms with Crippen LogP contribution in [0, 0.1) is 5.82 Å². The van der Waals surface area contributed by atoms with Crippen molar-refractivity contribution in [1.29, 1.82) is 0 Å². The van der Waals surface area contributed by atoms with Gasteiger partial charge in [-0.2, -0.15) is 0 Å². The Morgan fingerprint density at radius 2 is 1.79 bits per heavy atom. The molecule has 0 aliphatic carbocycles. The highest BCUT2D eigenvalue weighted by molar-refractivity contribution is 6.46. The van der Waals surface area contributed by atoms with Gasteiger partial charge in [0.05, 0.1) is 35.9 Å². The molecule has 1 fully saturated rings.